The average molecular weight is 196 g/mol. The van der Waals surface area contributed by atoms with Crippen LogP contribution >= 0.6 is 0 Å². The van der Waals surface area contributed by atoms with Gasteiger partial charge in [0.05, 0.1) is 18.4 Å². The van der Waals surface area contributed by atoms with E-state index in [2.05, 4.69) is 0 Å². The van der Waals surface area contributed by atoms with E-state index in [0.717, 1.165) is 0 Å². The van der Waals surface area contributed by atoms with E-state index in [1.165, 1.54) is 0 Å². The third-order valence-corrected chi connectivity index (χ3v) is 3.05. The molecule has 1 aliphatic heterocycles. The highest BCUT2D eigenvalue weighted by Crippen LogP contribution is 2.38. The standard InChI is InChI=1S/C10H12O4/c1-5-2-3-6-4-14-10(13)8(6)7(5)9(11)12/h2-3,5-8H,4H2,1H3,(H,11,12)/t5-,6-,7?,8?/m1/s1. The predicted molar refractivity (Wildman–Crippen MR) is 47.4 cm³/mol. The van der Waals surface area contributed by atoms with Gasteiger partial charge in [-0.2, -0.15) is 0 Å². The fourth-order valence-corrected chi connectivity index (χ4v) is 2.28. The first-order valence-corrected chi connectivity index (χ1v) is 4.69. The molecule has 0 bridgehead atoms. The topological polar surface area (TPSA) is 63.6 Å². The molecule has 4 heteroatoms. The lowest BCUT2D eigenvalue weighted by Gasteiger charge is -2.27. The van der Waals surface area contributed by atoms with Gasteiger partial charge >= 0.3 is 11.9 Å². The van der Waals surface area contributed by atoms with E-state index in [1.807, 2.05) is 19.1 Å². The van der Waals surface area contributed by atoms with Crippen LogP contribution in [0.2, 0.25) is 0 Å². The number of hydrogen-bond acceptors (Lipinski definition) is 3. The summed E-state index contributed by atoms with van der Waals surface area (Å²) in [6.07, 6.45) is 3.77. The summed E-state index contributed by atoms with van der Waals surface area (Å²) in [5.41, 5.74) is 0. The third kappa shape index (κ3) is 1.22. The van der Waals surface area contributed by atoms with Crippen LogP contribution in [0.1, 0.15) is 6.92 Å². The zero-order valence-electron chi connectivity index (χ0n) is 7.84. The van der Waals surface area contributed by atoms with Gasteiger partial charge in [-0.25, -0.2) is 0 Å². The molecule has 0 radical (unpaired) electrons. The molecule has 0 aromatic heterocycles. The van der Waals surface area contributed by atoms with Gasteiger partial charge in [-0.1, -0.05) is 19.1 Å². The van der Waals surface area contributed by atoms with E-state index in [0.29, 0.717) is 6.61 Å². The Morgan fingerprint density at radius 2 is 2.29 bits per heavy atom. The third-order valence-electron chi connectivity index (χ3n) is 3.05. The number of allylic oxidation sites excluding steroid dienone is 1. The maximum atomic E-state index is 11.3. The van der Waals surface area contributed by atoms with Gasteiger partial charge in [0.2, 0.25) is 0 Å². The van der Waals surface area contributed by atoms with Crippen molar-refractivity contribution in [1.82, 2.24) is 0 Å². The Labute approximate surface area is 81.6 Å². The monoisotopic (exact) mass is 196 g/mol. The summed E-state index contributed by atoms with van der Waals surface area (Å²) in [7, 11) is 0. The van der Waals surface area contributed by atoms with Crippen molar-refractivity contribution in [1.29, 1.82) is 0 Å². The molecule has 0 amide bonds. The first kappa shape index (κ1) is 9.24. The lowest BCUT2D eigenvalue weighted by Crippen LogP contribution is -2.37. The van der Waals surface area contributed by atoms with E-state index in [4.69, 9.17) is 9.84 Å². The highest BCUT2D eigenvalue weighted by molar-refractivity contribution is 5.83. The summed E-state index contributed by atoms with van der Waals surface area (Å²) >= 11 is 0. The lowest BCUT2D eigenvalue weighted by atomic mass is 9.72. The molecular formula is C10H12O4. The second-order valence-corrected chi connectivity index (χ2v) is 3.93. The summed E-state index contributed by atoms with van der Waals surface area (Å²) in [4.78, 5) is 22.4. The first-order valence-electron chi connectivity index (χ1n) is 4.69. The minimum atomic E-state index is -0.907. The number of ether oxygens (including phenoxy) is 1. The average Bonchev–Trinajstić information content (AvgIpc) is 2.47. The Hall–Kier alpha value is -1.32. The van der Waals surface area contributed by atoms with Gasteiger partial charge in [0.25, 0.3) is 0 Å². The zero-order chi connectivity index (χ0) is 10.3. The molecule has 1 heterocycles. The lowest BCUT2D eigenvalue weighted by molar-refractivity contribution is -0.153. The number of fused-ring (bicyclic) bond motifs is 1. The SMILES string of the molecule is C[C@@H]1C=C[C@@H]2COC(=O)C2C1C(=O)O. The molecule has 4 nitrogen and oxygen atoms in total. The van der Waals surface area contributed by atoms with Crippen LogP contribution in [0.15, 0.2) is 12.2 Å². The van der Waals surface area contributed by atoms with Crippen molar-refractivity contribution in [2.75, 3.05) is 6.61 Å². The second kappa shape index (κ2) is 3.12. The second-order valence-electron chi connectivity index (χ2n) is 3.93. The maximum Gasteiger partial charge on any atom is 0.310 e. The van der Waals surface area contributed by atoms with Crippen molar-refractivity contribution in [2.24, 2.45) is 23.7 Å². The van der Waals surface area contributed by atoms with Crippen LogP contribution in [0, 0.1) is 23.7 Å². The zero-order valence-corrected chi connectivity index (χ0v) is 7.84. The summed E-state index contributed by atoms with van der Waals surface area (Å²) in [5.74, 6) is -2.51. The number of carboxylic acids is 1. The summed E-state index contributed by atoms with van der Waals surface area (Å²) in [5, 5.41) is 9.03. The number of rotatable bonds is 1. The fraction of sp³-hybridized carbons (Fsp3) is 0.600. The molecule has 2 aliphatic rings. The Kier molecular flexibility index (Phi) is 2.06. The largest absolute Gasteiger partial charge is 0.481 e. The molecule has 2 rings (SSSR count). The van der Waals surface area contributed by atoms with Crippen LogP contribution in [0.3, 0.4) is 0 Å². The predicted octanol–water partition coefficient (Wildman–Crippen LogP) is 0.682. The van der Waals surface area contributed by atoms with E-state index < -0.39 is 17.8 Å². The van der Waals surface area contributed by atoms with Crippen molar-refractivity contribution in [2.45, 2.75) is 6.92 Å². The molecule has 0 aromatic carbocycles. The van der Waals surface area contributed by atoms with Gasteiger partial charge in [-0.05, 0) is 5.92 Å². The number of carbonyl (C=O) groups is 2. The Morgan fingerprint density at radius 3 is 2.93 bits per heavy atom. The number of hydrogen-bond donors (Lipinski definition) is 1. The van der Waals surface area contributed by atoms with Crippen molar-refractivity contribution >= 4 is 11.9 Å². The molecule has 2 unspecified atom stereocenters. The molecular weight excluding hydrogens is 184 g/mol. The van der Waals surface area contributed by atoms with Gasteiger partial charge in [-0.15, -0.1) is 0 Å². The van der Waals surface area contributed by atoms with Crippen LogP contribution in [0.5, 0.6) is 0 Å². The molecule has 76 valence electrons. The van der Waals surface area contributed by atoms with Crippen LogP contribution in [-0.4, -0.2) is 23.7 Å². The molecule has 1 fully saturated rings. The Balaban J connectivity index is 2.33. The van der Waals surface area contributed by atoms with Crippen LogP contribution in [-0.2, 0) is 14.3 Å². The molecule has 1 aliphatic carbocycles. The van der Waals surface area contributed by atoms with E-state index >= 15 is 0 Å². The summed E-state index contributed by atoms with van der Waals surface area (Å²) in [6, 6.07) is 0. The van der Waals surface area contributed by atoms with E-state index in [9.17, 15) is 9.59 Å². The van der Waals surface area contributed by atoms with Gasteiger partial charge in [0, 0.05) is 5.92 Å². The van der Waals surface area contributed by atoms with Crippen molar-refractivity contribution in [3.05, 3.63) is 12.2 Å². The van der Waals surface area contributed by atoms with E-state index in [1.54, 1.807) is 0 Å². The first-order chi connectivity index (χ1) is 6.61. The molecule has 1 N–H and O–H groups in total. The highest BCUT2D eigenvalue weighted by Gasteiger charge is 2.48. The molecule has 0 saturated carbocycles. The van der Waals surface area contributed by atoms with Crippen molar-refractivity contribution < 1.29 is 19.4 Å². The van der Waals surface area contributed by atoms with Crippen molar-refractivity contribution in [3.63, 3.8) is 0 Å². The Bertz CT molecular complexity index is 307. The minimum Gasteiger partial charge on any atom is -0.481 e. The van der Waals surface area contributed by atoms with Gasteiger partial charge < -0.3 is 9.84 Å². The van der Waals surface area contributed by atoms with Gasteiger partial charge in [0.1, 0.15) is 0 Å². The van der Waals surface area contributed by atoms with Gasteiger partial charge in [-0.3, -0.25) is 9.59 Å². The summed E-state index contributed by atoms with van der Waals surface area (Å²) < 4.78 is 4.88. The number of aliphatic carboxylic acids is 1. The fourth-order valence-electron chi connectivity index (χ4n) is 2.28. The number of cyclic esters (lactones) is 1. The smallest absolute Gasteiger partial charge is 0.310 e. The van der Waals surface area contributed by atoms with Gasteiger partial charge in [0.15, 0.2) is 0 Å². The normalized spacial score (nSPS) is 40.5. The summed E-state index contributed by atoms with van der Waals surface area (Å²) in [6.45, 7) is 2.15. The maximum absolute atomic E-state index is 11.3. The number of esters is 1. The number of carboxylic acid groups (broad SMARTS) is 1. The van der Waals surface area contributed by atoms with Crippen LogP contribution in [0.25, 0.3) is 0 Å². The molecule has 1 saturated heterocycles. The van der Waals surface area contributed by atoms with Crippen molar-refractivity contribution in [3.8, 4) is 0 Å². The Morgan fingerprint density at radius 1 is 1.57 bits per heavy atom. The quantitative estimate of drug-likeness (QED) is 0.495. The molecule has 0 aromatic rings. The number of carbonyl (C=O) groups excluding carboxylic acids is 1. The minimum absolute atomic E-state index is 0.0419. The highest BCUT2D eigenvalue weighted by atomic mass is 16.5. The van der Waals surface area contributed by atoms with Crippen LogP contribution in [0.4, 0.5) is 0 Å². The van der Waals surface area contributed by atoms with E-state index in [-0.39, 0.29) is 17.8 Å². The van der Waals surface area contributed by atoms with Crippen LogP contribution < -0.4 is 0 Å². The molecule has 14 heavy (non-hydrogen) atoms. The molecule has 0 spiro atoms. The molecule has 4 atom stereocenters.